The number of nitrogens with zero attached hydrogens (tertiary/aromatic N) is 2. The van der Waals surface area contributed by atoms with Crippen molar-refractivity contribution in [3.63, 3.8) is 0 Å². The molecule has 1 aromatic rings. The van der Waals surface area contributed by atoms with Crippen molar-refractivity contribution < 1.29 is 0 Å². The predicted molar refractivity (Wildman–Crippen MR) is 73.8 cm³/mol. The summed E-state index contributed by atoms with van der Waals surface area (Å²) < 4.78 is 1.05. The molecule has 0 bridgehead atoms. The van der Waals surface area contributed by atoms with Gasteiger partial charge in [-0.2, -0.15) is 11.8 Å². The third kappa shape index (κ3) is 3.47. The average molecular weight is 301 g/mol. The van der Waals surface area contributed by atoms with Crippen LogP contribution in [0.4, 0.5) is 0 Å². The third-order valence-corrected chi connectivity index (χ3v) is 4.69. The molecule has 2 heterocycles. The van der Waals surface area contributed by atoms with E-state index in [2.05, 4.69) is 56.6 Å². The van der Waals surface area contributed by atoms with Gasteiger partial charge in [0.15, 0.2) is 0 Å². The minimum Gasteiger partial charge on any atom is -0.296 e. The number of pyridine rings is 1. The average Bonchev–Trinajstić information content (AvgIpc) is 2.32. The largest absolute Gasteiger partial charge is 0.296 e. The molecule has 1 fully saturated rings. The zero-order chi connectivity index (χ0) is 11.4. The zero-order valence-corrected chi connectivity index (χ0v) is 11.9. The molecule has 0 aromatic carbocycles. The fourth-order valence-electron chi connectivity index (χ4n) is 1.90. The van der Waals surface area contributed by atoms with Crippen molar-refractivity contribution in [2.24, 2.45) is 0 Å². The van der Waals surface area contributed by atoms with E-state index in [1.165, 1.54) is 31.0 Å². The molecule has 2 nitrogen and oxygen atoms in total. The molecule has 0 radical (unpaired) electrons. The van der Waals surface area contributed by atoms with E-state index in [1.807, 2.05) is 6.20 Å². The normalized spacial score (nSPS) is 22.2. The molecule has 1 aliphatic rings. The smallest absolute Gasteiger partial charge is 0.0544 e. The van der Waals surface area contributed by atoms with Gasteiger partial charge in [-0.15, -0.1) is 0 Å². The first-order chi connectivity index (χ1) is 7.78. The number of thioether (sulfide) groups is 1. The van der Waals surface area contributed by atoms with E-state index in [-0.39, 0.29) is 0 Å². The van der Waals surface area contributed by atoms with Crippen molar-refractivity contribution in [3.05, 3.63) is 28.5 Å². The summed E-state index contributed by atoms with van der Waals surface area (Å²) in [6, 6.07) is 4.17. The fraction of sp³-hybridized carbons (Fsp3) is 0.583. The lowest BCUT2D eigenvalue weighted by atomic mass is 10.2. The summed E-state index contributed by atoms with van der Waals surface area (Å²) in [6.07, 6.45) is 3.15. The van der Waals surface area contributed by atoms with Gasteiger partial charge in [-0.1, -0.05) is 6.92 Å². The Morgan fingerprint density at radius 3 is 3.12 bits per heavy atom. The van der Waals surface area contributed by atoms with E-state index in [0.29, 0.717) is 0 Å². The van der Waals surface area contributed by atoms with Gasteiger partial charge in [0.25, 0.3) is 0 Å². The van der Waals surface area contributed by atoms with Crippen LogP contribution in [-0.2, 0) is 6.54 Å². The van der Waals surface area contributed by atoms with Crippen molar-refractivity contribution in [3.8, 4) is 0 Å². The van der Waals surface area contributed by atoms with Crippen LogP contribution in [0.5, 0.6) is 0 Å². The minimum absolute atomic E-state index is 0.809. The van der Waals surface area contributed by atoms with Gasteiger partial charge >= 0.3 is 0 Å². The summed E-state index contributed by atoms with van der Waals surface area (Å²) in [5.74, 6) is 1.26. The maximum absolute atomic E-state index is 4.43. The van der Waals surface area contributed by atoms with Gasteiger partial charge in [0.1, 0.15) is 0 Å². The molecule has 0 saturated carbocycles. The number of aromatic nitrogens is 1. The molecule has 0 spiro atoms. The van der Waals surface area contributed by atoms with Crippen LogP contribution in [0.25, 0.3) is 0 Å². The van der Waals surface area contributed by atoms with Crippen molar-refractivity contribution in [2.75, 3.05) is 18.8 Å². The Kier molecular flexibility index (Phi) is 4.67. The highest BCUT2D eigenvalue weighted by molar-refractivity contribution is 9.10. The zero-order valence-electron chi connectivity index (χ0n) is 9.53. The molecule has 1 saturated heterocycles. The van der Waals surface area contributed by atoms with Crippen molar-refractivity contribution in [2.45, 2.75) is 25.1 Å². The molecule has 1 unspecified atom stereocenters. The molecule has 0 amide bonds. The Bertz CT molecular complexity index is 328. The van der Waals surface area contributed by atoms with Crippen LogP contribution in [0.2, 0.25) is 0 Å². The Hall–Kier alpha value is -0.0600. The summed E-state index contributed by atoms with van der Waals surface area (Å²) in [5.41, 5.74) is 1.17. The van der Waals surface area contributed by atoms with Crippen LogP contribution in [0.3, 0.4) is 0 Å². The van der Waals surface area contributed by atoms with E-state index in [0.717, 1.165) is 16.3 Å². The lowest BCUT2D eigenvalue weighted by Gasteiger charge is -2.31. The predicted octanol–water partition coefficient (Wildman–Crippen LogP) is 3.17. The van der Waals surface area contributed by atoms with Gasteiger partial charge in [0.05, 0.1) is 5.69 Å². The van der Waals surface area contributed by atoms with Crippen LogP contribution >= 0.6 is 27.7 Å². The molecule has 1 atom stereocenters. The molecule has 4 heteroatoms. The molecule has 2 rings (SSSR count). The standard InChI is InChI=1S/C12H17BrN2S/c1-2-12-9-15(5-6-16-12)8-11-4-3-10(13)7-14-11/h3-4,7,12H,2,5-6,8-9H2,1H3. The molecule has 1 aliphatic heterocycles. The van der Waals surface area contributed by atoms with Gasteiger partial charge in [-0.05, 0) is 34.5 Å². The van der Waals surface area contributed by atoms with Gasteiger partial charge in [-0.3, -0.25) is 9.88 Å². The first-order valence-electron chi connectivity index (χ1n) is 5.72. The summed E-state index contributed by atoms with van der Waals surface area (Å²) in [4.78, 5) is 6.94. The Morgan fingerprint density at radius 1 is 1.56 bits per heavy atom. The van der Waals surface area contributed by atoms with Crippen LogP contribution in [-0.4, -0.2) is 34.0 Å². The van der Waals surface area contributed by atoms with E-state index >= 15 is 0 Å². The Balaban J connectivity index is 1.91. The third-order valence-electron chi connectivity index (χ3n) is 2.85. The van der Waals surface area contributed by atoms with Gasteiger partial charge in [-0.25, -0.2) is 0 Å². The molecule has 0 N–H and O–H groups in total. The maximum Gasteiger partial charge on any atom is 0.0544 e. The van der Waals surface area contributed by atoms with Crippen molar-refractivity contribution >= 4 is 27.7 Å². The number of halogens is 1. The highest BCUT2D eigenvalue weighted by Crippen LogP contribution is 2.22. The molecule has 1 aromatic heterocycles. The monoisotopic (exact) mass is 300 g/mol. The maximum atomic E-state index is 4.43. The number of hydrogen-bond acceptors (Lipinski definition) is 3. The van der Waals surface area contributed by atoms with Crippen molar-refractivity contribution in [1.29, 1.82) is 0 Å². The van der Waals surface area contributed by atoms with Crippen LogP contribution in [0.1, 0.15) is 19.0 Å². The lowest BCUT2D eigenvalue weighted by Crippen LogP contribution is -2.37. The van der Waals surface area contributed by atoms with E-state index in [1.54, 1.807) is 0 Å². The molecule has 0 aliphatic carbocycles. The number of rotatable bonds is 3. The first kappa shape index (κ1) is 12.4. The van der Waals surface area contributed by atoms with Crippen molar-refractivity contribution in [1.82, 2.24) is 9.88 Å². The SMILES string of the molecule is CCC1CN(Cc2ccc(Br)cn2)CCS1. The summed E-state index contributed by atoms with van der Waals surface area (Å²) in [6.45, 7) is 5.67. The van der Waals surface area contributed by atoms with E-state index in [9.17, 15) is 0 Å². The second-order valence-electron chi connectivity index (χ2n) is 4.10. The molecule has 88 valence electrons. The Morgan fingerprint density at radius 2 is 2.44 bits per heavy atom. The second-order valence-corrected chi connectivity index (χ2v) is 6.43. The minimum atomic E-state index is 0.809. The highest BCUT2D eigenvalue weighted by atomic mass is 79.9. The van der Waals surface area contributed by atoms with Crippen LogP contribution in [0.15, 0.2) is 22.8 Å². The van der Waals surface area contributed by atoms with Crippen LogP contribution < -0.4 is 0 Å². The topological polar surface area (TPSA) is 16.1 Å². The second kappa shape index (κ2) is 6.03. The van der Waals surface area contributed by atoms with Crippen LogP contribution in [0, 0.1) is 0 Å². The number of hydrogen-bond donors (Lipinski definition) is 0. The van der Waals surface area contributed by atoms with E-state index in [4.69, 9.17) is 0 Å². The Labute approximate surface area is 110 Å². The molecular formula is C12H17BrN2S. The summed E-state index contributed by atoms with van der Waals surface area (Å²) >= 11 is 5.52. The quantitative estimate of drug-likeness (QED) is 0.853. The van der Waals surface area contributed by atoms with Gasteiger partial charge < -0.3 is 0 Å². The first-order valence-corrected chi connectivity index (χ1v) is 7.56. The van der Waals surface area contributed by atoms with E-state index < -0.39 is 0 Å². The summed E-state index contributed by atoms with van der Waals surface area (Å²) in [7, 11) is 0. The van der Waals surface area contributed by atoms with Gasteiger partial charge in [0.2, 0.25) is 0 Å². The van der Waals surface area contributed by atoms with Gasteiger partial charge in [0, 0.05) is 41.3 Å². The lowest BCUT2D eigenvalue weighted by molar-refractivity contribution is 0.270. The fourth-order valence-corrected chi connectivity index (χ4v) is 3.38. The molecular weight excluding hydrogens is 284 g/mol. The molecule has 16 heavy (non-hydrogen) atoms. The summed E-state index contributed by atoms with van der Waals surface area (Å²) in [5, 5.41) is 0.809. The highest BCUT2D eigenvalue weighted by Gasteiger charge is 2.18.